The Kier molecular flexibility index (Phi) is 4.82. The molecule has 1 aromatic carbocycles. The van der Waals surface area contributed by atoms with Crippen LogP contribution in [0.15, 0.2) is 41.5 Å². The second-order valence-corrected chi connectivity index (χ2v) is 5.94. The van der Waals surface area contributed by atoms with Gasteiger partial charge in [0.05, 0.1) is 0 Å². The fraction of sp³-hybridized carbons (Fsp3) is 0.312. The van der Waals surface area contributed by atoms with Crippen molar-refractivity contribution in [3.05, 3.63) is 57.6 Å². The van der Waals surface area contributed by atoms with Gasteiger partial charge in [-0.3, -0.25) is 9.59 Å². The van der Waals surface area contributed by atoms with Crippen LogP contribution in [0.25, 0.3) is 0 Å². The van der Waals surface area contributed by atoms with Crippen LogP contribution >= 0.6 is 11.6 Å². The van der Waals surface area contributed by atoms with E-state index in [1.165, 1.54) is 12.4 Å². The zero-order valence-corrected chi connectivity index (χ0v) is 13.6. The Labute approximate surface area is 143 Å². The molecule has 0 unspecified atom stereocenters. The van der Waals surface area contributed by atoms with Crippen molar-refractivity contribution in [1.29, 1.82) is 0 Å². The minimum Gasteiger partial charge on any atom is -0.378 e. The summed E-state index contributed by atoms with van der Waals surface area (Å²) in [4.78, 5) is 34.3. The van der Waals surface area contributed by atoms with Crippen molar-refractivity contribution in [1.82, 2.24) is 14.9 Å². The molecular weight excluding hydrogens is 332 g/mol. The van der Waals surface area contributed by atoms with E-state index in [1.54, 1.807) is 29.2 Å². The summed E-state index contributed by atoms with van der Waals surface area (Å²) in [5.41, 5.74) is 0.256. The number of benzene rings is 1. The molecule has 7 nitrogen and oxygen atoms in total. The van der Waals surface area contributed by atoms with E-state index >= 15 is 0 Å². The molecule has 1 aliphatic rings. The van der Waals surface area contributed by atoms with Crippen molar-refractivity contribution < 1.29 is 9.90 Å². The van der Waals surface area contributed by atoms with Gasteiger partial charge in [-0.15, -0.1) is 0 Å². The Balaban J connectivity index is 1.64. The maximum atomic E-state index is 12.4. The smallest absolute Gasteiger partial charge is 0.290 e. The maximum absolute atomic E-state index is 12.4. The highest BCUT2D eigenvalue weighted by Gasteiger charge is 2.28. The molecule has 0 radical (unpaired) electrons. The average molecular weight is 349 g/mol. The third kappa shape index (κ3) is 3.42. The summed E-state index contributed by atoms with van der Waals surface area (Å²) < 4.78 is 0. The number of carbonyl (C=O) groups excluding carboxylic acids is 1. The Morgan fingerprint density at radius 3 is 2.50 bits per heavy atom. The maximum Gasteiger partial charge on any atom is 0.290 e. The van der Waals surface area contributed by atoms with E-state index in [1.807, 2.05) is 4.90 Å². The predicted octanol–water partition coefficient (Wildman–Crippen LogP) is 0.805. The first-order valence-electron chi connectivity index (χ1n) is 7.57. The SMILES string of the molecule is O=C([C@H](O)c1ccc(Cl)cc1)N1CCN(c2ncc[nH]c2=O)CC1. The van der Waals surface area contributed by atoms with Crippen LogP contribution in [0.1, 0.15) is 11.7 Å². The van der Waals surface area contributed by atoms with Crippen LogP contribution in [0.3, 0.4) is 0 Å². The van der Waals surface area contributed by atoms with Gasteiger partial charge in [-0.2, -0.15) is 0 Å². The molecule has 0 spiro atoms. The van der Waals surface area contributed by atoms with Gasteiger partial charge in [-0.05, 0) is 17.7 Å². The molecule has 2 N–H and O–H groups in total. The number of hydrogen-bond donors (Lipinski definition) is 2. The highest BCUT2D eigenvalue weighted by atomic mass is 35.5. The van der Waals surface area contributed by atoms with Gasteiger partial charge in [0.25, 0.3) is 11.5 Å². The van der Waals surface area contributed by atoms with E-state index in [0.29, 0.717) is 42.6 Å². The van der Waals surface area contributed by atoms with Gasteiger partial charge in [-0.25, -0.2) is 4.98 Å². The number of rotatable bonds is 3. The second-order valence-electron chi connectivity index (χ2n) is 5.51. The van der Waals surface area contributed by atoms with E-state index in [0.717, 1.165) is 0 Å². The fourth-order valence-electron chi connectivity index (χ4n) is 2.67. The number of aromatic nitrogens is 2. The molecule has 0 aliphatic carbocycles. The minimum absolute atomic E-state index is 0.251. The van der Waals surface area contributed by atoms with E-state index < -0.39 is 6.10 Å². The summed E-state index contributed by atoms with van der Waals surface area (Å²) in [6.45, 7) is 1.80. The monoisotopic (exact) mass is 348 g/mol. The standard InChI is InChI=1S/C16H17ClN4O3/c17-12-3-1-11(2-4-12)13(22)16(24)21-9-7-20(8-10-21)14-15(23)19-6-5-18-14/h1-6,13,22H,7-10H2,(H,19,23)/t13-/m1/s1. The van der Waals surface area contributed by atoms with E-state index in [2.05, 4.69) is 9.97 Å². The van der Waals surface area contributed by atoms with Crippen molar-refractivity contribution >= 4 is 23.3 Å². The number of hydrogen-bond acceptors (Lipinski definition) is 5. The number of aliphatic hydroxyl groups is 1. The van der Waals surface area contributed by atoms with E-state index in [4.69, 9.17) is 11.6 Å². The number of H-pyrrole nitrogens is 1. The molecule has 2 heterocycles. The normalized spacial score (nSPS) is 16.1. The molecule has 24 heavy (non-hydrogen) atoms. The van der Waals surface area contributed by atoms with Gasteiger partial charge in [0.2, 0.25) is 0 Å². The molecule has 2 aromatic rings. The number of nitrogens with one attached hydrogen (secondary N) is 1. The lowest BCUT2D eigenvalue weighted by atomic mass is 10.1. The van der Waals surface area contributed by atoms with Gasteiger partial charge in [0, 0.05) is 43.6 Å². The highest BCUT2D eigenvalue weighted by molar-refractivity contribution is 6.30. The van der Waals surface area contributed by atoms with Crippen LogP contribution < -0.4 is 10.5 Å². The van der Waals surface area contributed by atoms with Crippen molar-refractivity contribution in [2.45, 2.75) is 6.10 Å². The Bertz CT molecular complexity index is 769. The van der Waals surface area contributed by atoms with E-state index in [9.17, 15) is 14.7 Å². The van der Waals surface area contributed by atoms with Crippen LogP contribution in [0, 0.1) is 0 Å². The molecule has 1 amide bonds. The third-order valence-corrected chi connectivity index (χ3v) is 4.25. The number of aliphatic hydroxyl groups excluding tert-OH is 1. The first kappa shape index (κ1) is 16.5. The number of aromatic amines is 1. The quantitative estimate of drug-likeness (QED) is 0.856. The highest BCUT2D eigenvalue weighted by Crippen LogP contribution is 2.19. The number of nitrogens with zero attached hydrogens (tertiary/aromatic N) is 3. The van der Waals surface area contributed by atoms with Crippen LogP contribution in [-0.2, 0) is 4.79 Å². The van der Waals surface area contributed by atoms with Crippen molar-refractivity contribution in [2.75, 3.05) is 31.1 Å². The molecule has 0 bridgehead atoms. The number of amides is 1. The molecule has 1 fully saturated rings. The topological polar surface area (TPSA) is 89.5 Å². The number of piperazine rings is 1. The molecule has 0 saturated carbocycles. The summed E-state index contributed by atoms with van der Waals surface area (Å²) in [6, 6.07) is 6.54. The molecule has 126 valence electrons. The summed E-state index contributed by atoms with van der Waals surface area (Å²) in [5, 5.41) is 10.8. The van der Waals surface area contributed by atoms with Crippen LogP contribution in [0.2, 0.25) is 5.02 Å². The predicted molar refractivity (Wildman–Crippen MR) is 90.1 cm³/mol. The molecule has 3 rings (SSSR count). The van der Waals surface area contributed by atoms with Crippen molar-refractivity contribution in [2.24, 2.45) is 0 Å². The Morgan fingerprint density at radius 1 is 1.21 bits per heavy atom. The number of halogens is 1. The van der Waals surface area contributed by atoms with E-state index in [-0.39, 0.29) is 11.5 Å². The van der Waals surface area contributed by atoms with Gasteiger partial charge in [0.1, 0.15) is 0 Å². The summed E-state index contributed by atoms with van der Waals surface area (Å²) >= 11 is 5.82. The molecular formula is C16H17ClN4O3. The fourth-order valence-corrected chi connectivity index (χ4v) is 2.79. The molecule has 1 aromatic heterocycles. The summed E-state index contributed by atoms with van der Waals surface area (Å²) in [6.07, 6.45) is 1.79. The van der Waals surface area contributed by atoms with Crippen LogP contribution in [-0.4, -0.2) is 52.1 Å². The third-order valence-electron chi connectivity index (χ3n) is 4.00. The molecule has 1 atom stereocenters. The van der Waals surface area contributed by atoms with Gasteiger partial charge >= 0.3 is 0 Å². The first-order valence-corrected chi connectivity index (χ1v) is 7.95. The minimum atomic E-state index is -1.22. The lowest BCUT2D eigenvalue weighted by Crippen LogP contribution is -2.51. The lowest BCUT2D eigenvalue weighted by Gasteiger charge is -2.35. The van der Waals surface area contributed by atoms with Crippen molar-refractivity contribution in [3.63, 3.8) is 0 Å². The van der Waals surface area contributed by atoms with Gasteiger partial charge < -0.3 is 19.9 Å². The molecule has 1 aliphatic heterocycles. The number of anilines is 1. The lowest BCUT2D eigenvalue weighted by molar-refractivity contribution is -0.140. The summed E-state index contributed by atoms with van der Waals surface area (Å²) in [5.74, 6) is -0.00486. The zero-order valence-electron chi connectivity index (χ0n) is 12.9. The van der Waals surface area contributed by atoms with Crippen molar-refractivity contribution in [3.8, 4) is 0 Å². The largest absolute Gasteiger partial charge is 0.378 e. The van der Waals surface area contributed by atoms with Crippen LogP contribution in [0.5, 0.6) is 0 Å². The zero-order chi connectivity index (χ0) is 17.1. The Hall–Kier alpha value is -2.38. The average Bonchev–Trinajstić information content (AvgIpc) is 2.62. The first-order chi connectivity index (χ1) is 11.6. The molecule has 1 saturated heterocycles. The van der Waals surface area contributed by atoms with Gasteiger partial charge in [-0.1, -0.05) is 23.7 Å². The van der Waals surface area contributed by atoms with Crippen LogP contribution in [0.4, 0.5) is 5.82 Å². The second kappa shape index (κ2) is 7.02. The molecule has 8 heteroatoms. The Morgan fingerprint density at radius 2 is 1.88 bits per heavy atom. The number of carbonyl (C=O) groups is 1. The summed E-state index contributed by atoms with van der Waals surface area (Å²) in [7, 11) is 0. The van der Waals surface area contributed by atoms with Gasteiger partial charge in [0.15, 0.2) is 11.9 Å².